The lowest BCUT2D eigenvalue weighted by Crippen LogP contribution is -2.50. The largest absolute Gasteiger partial charge is 0.416 e. The number of amides is 2. The number of carbonyl (C=O) groups is 1. The lowest BCUT2D eigenvalue weighted by molar-refractivity contribution is -0.137. The Morgan fingerprint density at radius 3 is 2.52 bits per heavy atom. The number of halogens is 3. The fourth-order valence-corrected chi connectivity index (χ4v) is 2.15. The summed E-state index contributed by atoms with van der Waals surface area (Å²) in [5, 5.41) is 14.4. The van der Waals surface area contributed by atoms with Crippen LogP contribution in [0.3, 0.4) is 0 Å². The second-order valence-corrected chi connectivity index (χ2v) is 5.83. The molecule has 1 aromatic rings. The van der Waals surface area contributed by atoms with Crippen molar-refractivity contribution in [2.45, 2.75) is 51.4 Å². The number of alkyl halides is 3. The van der Waals surface area contributed by atoms with Gasteiger partial charge in [-0.05, 0) is 44.4 Å². The van der Waals surface area contributed by atoms with E-state index in [9.17, 15) is 18.0 Å². The van der Waals surface area contributed by atoms with Crippen molar-refractivity contribution >= 4 is 6.03 Å². The van der Waals surface area contributed by atoms with Crippen LogP contribution in [0.5, 0.6) is 0 Å². The van der Waals surface area contributed by atoms with Crippen LogP contribution in [0, 0.1) is 0 Å². The van der Waals surface area contributed by atoms with Gasteiger partial charge in [-0.25, -0.2) is 4.79 Å². The van der Waals surface area contributed by atoms with Crippen molar-refractivity contribution in [3.05, 3.63) is 35.4 Å². The predicted octanol–water partition coefficient (Wildman–Crippen LogP) is 3.62. The zero-order valence-electron chi connectivity index (χ0n) is 13.5. The summed E-state index contributed by atoms with van der Waals surface area (Å²) >= 11 is 0. The number of aliphatic hydroxyl groups excluding tert-OH is 1. The Morgan fingerprint density at radius 1 is 1.35 bits per heavy atom. The van der Waals surface area contributed by atoms with E-state index >= 15 is 0 Å². The summed E-state index contributed by atoms with van der Waals surface area (Å²) in [5.74, 6) is 0. The van der Waals surface area contributed by atoms with Gasteiger partial charge < -0.3 is 15.7 Å². The Morgan fingerprint density at radius 2 is 2.00 bits per heavy atom. The molecular formula is C16H23F3N2O2. The van der Waals surface area contributed by atoms with Gasteiger partial charge in [-0.3, -0.25) is 0 Å². The Labute approximate surface area is 134 Å². The molecule has 0 aliphatic heterocycles. The highest BCUT2D eigenvalue weighted by atomic mass is 19.4. The fraction of sp³-hybridized carbons (Fsp3) is 0.562. The highest BCUT2D eigenvalue weighted by molar-refractivity contribution is 5.75. The van der Waals surface area contributed by atoms with Crippen LogP contribution in [-0.4, -0.2) is 23.3 Å². The summed E-state index contributed by atoms with van der Waals surface area (Å²) in [5.41, 5.74) is -0.940. The van der Waals surface area contributed by atoms with Gasteiger partial charge in [0.05, 0.1) is 11.6 Å². The maximum Gasteiger partial charge on any atom is 0.416 e. The fourth-order valence-electron chi connectivity index (χ4n) is 2.15. The van der Waals surface area contributed by atoms with Crippen molar-refractivity contribution < 1.29 is 23.1 Å². The van der Waals surface area contributed by atoms with Crippen LogP contribution in [0.15, 0.2) is 24.3 Å². The second kappa shape index (κ2) is 7.68. The third-order valence-electron chi connectivity index (χ3n) is 3.92. The lowest BCUT2D eigenvalue weighted by Gasteiger charge is -2.30. The van der Waals surface area contributed by atoms with Gasteiger partial charge in [-0.1, -0.05) is 19.1 Å². The van der Waals surface area contributed by atoms with Gasteiger partial charge in [0.2, 0.25) is 0 Å². The van der Waals surface area contributed by atoms with Gasteiger partial charge in [0.25, 0.3) is 0 Å². The van der Waals surface area contributed by atoms with E-state index in [0.29, 0.717) is 18.4 Å². The SMILES string of the molecule is CCC(C)(CCO)NC(=O)NC(C)c1cccc(C(F)(F)F)c1. The highest BCUT2D eigenvalue weighted by Crippen LogP contribution is 2.30. The average Bonchev–Trinajstić information content (AvgIpc) is 2.46. The standard InChI is InChI=1S/C16H23F3N2O2/c1-4-15(3,8-9-22)21-14(23)20-11(2)12-6-5-7-13(10-12)16(17,18)19/h5-7,10-11,22H,4,8-9H2,1-3H3,(H2,20,21,23). The first-order chi connectivity index (χ1) is 10.6. The molecule has 0 spiro atoms. The summed E-state index contributed by atoms with van der Waals surface area (Å²) in [7, 11) is 0. The van der Waals surface area contributed by atoms with Crippen LogP contribution in [0.4, 0.5) is 18.0 Å². The number of aliphatic hydroxyl groups is 1. The number of rotatable bonds is 6. The average molecular weight is 332 g/mol. The maximum atomic E-state index is 12.7. The Hall–Kier alpha value is -1.76. The smallest absolute Gasteiger partial charge is 0.396 e. The van der Waals surface area contributed by atoms with Gasteiger partial charge in [-0.15, -0.1) is 0 Å². The molecule has 0 heterocycles. The van der Waals surface area contributed by atoms with E-state index in [0.717, 1.165) is 12.1 Å². The van der Waals surface area contributed by atoms with Crippen LogP contribution in [-0.2, 0) is 6.18 Å². The molecule has 4 nitrogen and oxygen atoms in total. The summed E-state index contributed by atoms with van der Waals surface area (Å²) in [4.78, 5) is 12.0. The molecule has 0 fully saturated rings. The third kappa shape index (κ3) is 5.74. The minimum absolute atomic E-state index is 0.0617. The molecule has 0 radical (unpaired) electrons. The molecule has 2 amide bonds. The first-order valence-corrected chi connectivity index (χ1v) is 7.48. The van der Waals surface area contributed by atoms with Crippen LogP contribution < -0.4 is 10.6 Å². The van der Waals surface area contributed by atoms with Crippen molar-refractivity contribution in [1.82, 2.24) is 10.6 Å². The van der Waals surface area contributed by atoms with Gasteiger partial charge in [0.15, 0.2) is 0 Å². The number of benzene rings is 1. The van der Waals surface area contributed by atoms with E-state index < -0.39 is 29.4 Å². The van der Waals surface area contributed by atoms with Crippen molar-refractivity contribution in [2.75, 3.05) is 6.61 Å². The Balaban J connectivity index is 2.76. The summed E-state index contributed by atoms with van der Waals surface area (Å²) in [6, 6.07) is 3.81. The Bertz CT molecular complexity index is 534. The van der Waals surface area contributed by atoms with Crippen molar-refractivity contribution in [2.24, 2.45) is 0 Å². The molecule has 23 heavy (non-hydrogen) atoms. The van der Waals surface area contributed by atoms with E-state index in [4.69, 9.17) is 5.11 Å². The molecule has 3 N–H and O–H groups in total. The molecule has 0 aliphatic carbocycles. The zero-order chi connectivity index (χ0) is 17.7. The molecule has 1 rings (SSSR count). The number of hydrogen-bond donors (Lipinski definition) is 3. The van der Waals surface area contributed by atoms with Gasteiger partial charge in [-0.2, -0.15) is 13.2 Å². The van der Waals surface area contributed by atoms with Gasteiger partial charge in [0.1, 0.15) is 0 Å². The monoisotopic (exact) mass is 332 g/mol. The number of urea groups is 1. The first kappa shape index (κ1) is 19.3. The molecule has 0 aromatic heterocycles. The molecule has 0 saturated heterocycles. The van der Waals surface area contributed by atoms with E-state index in [1.165, 1.54) is 12.1 Å². The lowest BCUT2D eigenvalue weighted by atomic mass is 9.95. The summed E-state index contributed by atoms with van der Waals surface area (Å²) in [6.07, 6.45) is -3.40. The molecule has 0 saturated carbocycles. The number of carbonyl (C=O) groups excluding carboxylic acids is 1. The minimum atomic E-state index is -4.42. The third-order valence-corrected chi connectivity index (χ3v) is 3.92. The molecule has 1 aromatic carbocycles. The summed E-state index contributed by atoms with van der Waals surface area (Å²) in [6.45, 7) is 5.24. The van der Waals surface area contributed by atoms with Crippen molar-refractivity contribution in [3.8, 4) is 0 Å². The number of hydrogen-bond acceptors (Lipinski definition) is 2. The molecule has 2 unspecified atom stereocenters. The van der Waals surface area contributed by atoms with Crippen molar-refractivity contribution in [1.29, 1.82) is 0 Å². The molecule has 0 aliphatic rings. The van der Waals surface area contributed by atoms with Crippen molar-refractivity contribution in [3.63, 3.8) is 0 Å². The van der Waals surface area contributed by atoms with Gasteiger partial charge in [0, 0.05) is 12.1 Å². The normalized spacial score (nSPS) is 15.6. The van der Waals surface area contributed by atoms with Crippen LogP contribution in [0.1, 0.15) is 50.8 Å². The minimum Gasteiger partial charge on any atom is -0.396 e. The Kier molecular flexibility index (Phi) is 6.44. The van der Waals surface area contributed by atoms with Crippen LogP contribution in [0.2, 0.25) is 0 Å². The first-order valence-electron chi connectivity index (χ1n) is 7.48. The second-order valence-electron chi connectivity index (χ2n) is 5.83. The maximum absolute atomic E-state index is 12.7. The number of nitrogens with one attached hydrogen (secondary N) is 2. The summed E-state index contributed by atoms with van der Waals surface area (Å²) < 4.78 is 38.2. The van der Waals surface area contributed by atoms with Crippen LogP contribution in [0.25, 0.3) is 0 Å². The zero-order valence-corrected chi connectivity index (χ0v) is 13.5. The van der Waals surface area contributed by atoms with Gasteiger partial charge >= 0.3 is 12.2 Å². The van der Waals surface area contributed by atoms with E-state index in [1.54, 1.807) is 13.8 Å². The van der Waals surface area contributed by atoms with E-state index in [-0.39, 0.29) is 6.61 Å². The molecule has 0 bridgehead atoms. The molecule has 2 atom stereocenters. The molecule has 7 heteroatoms. The van der Waals surface area contributed by atoms with E-state index in [2.05, 4.69) is 10.6 Å². The quantitative estimate of drug-likeness (QED) is 0.745. The predicted molar refractivity (Wildman–Crippen MR) is 81.9 cm³/mol. The highest BCUT2D eigenvalue weighted by Gasteiger charge is 2.31. The topological polar surface area (TPSA) is 61.4 Å². The van der Waals surface area contributed by atoms with E-state index in [1.807, 2.05) is 6.92 Å². The molecule has 130 valence electrons. The van der Waals surface area contributed by atoms with Crippen LogP contribution >= 0.6 is 0 Å². The molecular weight excluding hydrogens is 309 g/mol.